The largest absolute Gasteiger partial charge is 0.493 e. The van der Waals surface area contributed by atoms with E-state index in [-0.39, 0.29) is 6.29 Å². The fourth-order valence-electron chi connectivity index (χ4n) is 2.26. The Balaban J connectivity index is 1.57. The van der Waals surface area contributed by atoms with Gasteiger partial charge in [0.1, 0.15) is 5.75 Å². The predicted octanol–water partition coefficient (Wildman–Crippen LogP) is 1.80. The molecule has 0 aliphatic carbocycles. The second-order valence-corrected chi connectivity index (χ2v) is 5.21. The fourth-order valence-corrected chi connectivity index (χ4v) is 2.26. The number of ether oxygens (including phenoxy) is 3. The van der Waals surface area contributed by atoms with Crippen LogP contribution in [0.2, 0.25) is 0 Å². The standard InChI is InChI=1S/C16H20N4O3/c1-12-11-20(16(17)19-12)18-10-13-3-2-4-14(9-13)21-6-5-15-22-7-8-23-15/h2-4,9-11,15H,5-8H2,1H3,(H2,17,19). The van der Waals surface area contributed by atoms with E-state index in [1.54, 1.807) is 12.4 Å². The van der Waals surface area contributed by atoms with E-state index < -0.39 is 0 Å². The zero-order chi connectivity index (χ0) is 16.1. The summed E-state index contributed by atoms with van der Waals surface area (Å²) in [5.74, 6) is 1.14. The molecule has 1 fully saturated rings. The number of nitrogen functional groups attached to an aromatic ring is 1. The van der Waals surface area contributed by atoms with Gasteiger partial charge in [0, 0.05) is 6.42 Å². The Labute approximate surface area is 134 Å². The van der Waals surface area contributed by atoms with Gasteiger partial charge in [-0.15, -0.1) is 0 Å². The van der Waals surface area contributed by atoms with E-state index in [9.17, 15) is 0 Å². The topological polar surface area (TPSA) is 83.9 Å². The molecule has 1 aliphatic heterocycles. The van der Waals surface area contributed by atoms with Crippen molar-refractivity contribution in [3.05, 3.63) is 41.7 Å². The summed E-state index contributed by atoms with van der Waals surface area (Å²) in [6.07, 6.45) is 4.05. The Bertz CT molecular complexity index is 678. The Morgan fingerprint density at radius 2 is 2.26 bits per heavy atom. The first-order chi connectivity index (χ1) is 11.2. The molecule has 23 heavy (non-hydrogen) atoms. The zero-order valence-electron chi connectivity index (χ0n) is 13.0. The maximum Gasteiger partial charge on any atom is 0.221 e. The van der Waals surface area contributed by atoms with Gasteiger partial charge in [0.15, 0.2) is 6.29 Å². The number of nitrogens with zero attached hydrogens (tertiary/aromatic N) is 3. The summed E-state index contributed by atoms with van der Waals surface area (Å²) >= 11 is 0. The van der Waals surface area contributed by atoms with Crippen LogP contribution in [0.3, 0.4) is 0 Å². The molecule has 3 rings (SSSR count). The van der Waals surface area contributed by atoms with Crippen LogP contribution in [-0.4, -0.2) is 42.0 Å². The van der Waals surface area contributed by atoms with E-state index in [0.29, 0.717) is 32.2 Å². The Kier molecular flexibility index (Phi) is 4.89. The summed E-state index contributed by atoms with van der Waals surface area (Å²) in [4.78, 5) is 4.10. The van der Waals surface area contributed by atoms with Gasteiger partial charge in [0.25, 0.3) is 0 Å². The van der Waals surface area contributed by atoms with Crippen LogP contribution < -0.4 is 10.5 Å². The molecular weight excluding hydrogens is 296 g/mol. The summed E-state index contributed by atoms with van der Waals surface area (Å²) in [7, 11) is 0. The average Bonchev–Trinajstić information content (AvgIpc) is 3.15. The highest BCUT2D eigenvalue weighted by molar-refractivity contribution is 5.80. The van der Waals surface area contributed by atoms with E-state index in [1.165, 1.54) is 4.68 Å². The fraction of sp³-hybridized carbons (Fsp3) is 0.375. The molecule has 0 bridgehead atoms. The molecule has 7 nitrogen and oxygen atoms in total. The van der Waals surface area contributed by atoms with Gasteiger partial charge in [-0.1, -0.05) is 12.1 Å². The molecule has 0 spiro atoms. The van der Waals surface area contributed by atoms with E-state index in [2.05, 4.69) is 10.1 Å². The minimum atomic E-state index is -0.146. The van der Waals surface area contributed by atoms with Crippen LogP contribution in [-0.2, 0) is 9.47 Å². The second-order valence-electron chi connectivity index (χ2n) is 5.21. The number of benzene rings is 1. The van der Waals surface area contributed by atoms with E-state index in [1.807, 2.05) is 31.2 Å². The Morgan fingerprint density at radius 3 is 3.00 bits per heavy atom. The number of hydrogen-bond donors (Lipinski definition) is 1. The first kappa shape index (κ1) is 15.5. The van der Waals surface area contributed by atoms with Gasteiger partial charge < -0.3 is 19.9 Å². The first-order valence-corrected chi connectivity index (χ1v) is 7.52. The normalized spacial score (nSPS) is 15.5. The molecule has 0 amide bonds. The molecular formula is C16H20N4O3. The van der Waals surface area contributed by atoms with Gasteiger partial charge in [0.2, 0.25) is 5.95 Å². The number of rotatable bonds is 6. The van der Waals surface area contributed by atoms with Crippen molar-refractivity contribution in [1.82, 2.24) is 9.66 Å². The maximum atomic E-state index is 5.75. The minimum Gasteiger partial charge on any atom is -0.493 e. The Hall–Kier alpha value is -2.38. The molecule has 122 valence electrons. The van der Waals surface area contributed by atoms with Crippen LogP contribution in [0, 0.1) is 6.92 Å². The van der Waals surface area contributed by atoms with E-state index in [4.69, 9.17) is 19.9 Å². The highest BCUT2D eigenvalue weighted by atomic mass is 16.7. The van der Waals surface area contributed by atoms with Crippen LogP contribution in [0.15, 0.2) is 35.6 Å². The zero-order valence-corrected chi connectivity index (χ0v) is 13.0. The van der Waals surface area contributed by atoms with Crippen LogP contribution in [0.5, 0.6) is 5.75 Å². The molecule has 0 atom stereocenters. The van der Waals surface area contributed by atoms with Gasteiger partial charge in [-0.2, -0.15) is 5.10 Å². The van der Waals surface area contributed by atoms with Gasteiger partial charge in [0.05, 0.1) is 37.9 Å². The lowest BCUT2D eigenvalue weighted by Gasteiger charge is -2.10. The third kappa shape index (κ3) is 4.30. The van der Waals surface area contributed by atoms with Crippen molar-refractivity contribution in [3.8, 4) is 5.75 Å². The molecule has 7 heteroatoms. The number of imidazole rings is 1. The number of nitrogens with two attached hydrogens (primary N) is 1. The maximum absolute atomic E-state index is 5.75. The molecule has 1 aromatic heterocycles. The molecule has 0 radical (unpaired) electrons. The van der Waals surface area contributed by atoms with Crippen LogP contribution in [0.1, 0.15) is 17.7 Å². The van der Waals surface area contributed by atoms with Crippen molar-refractivity contribution in [2.45, 2.75) is 19.6 Å². The molecule has 1 aromatic carbocycles. The number of aryl methyl sites for hydroxylation is 1. The lowest BCUT2D eigenvalue weighted by atomic mass is 10.2. The quantitative estimate of drug-likeness (QED) is 0.822. The molecule has 2 N–H and O–H groups in total. The lowest BCUT2D eigenvalue weighted by molar-refractivity contribution is -0.0531. The highest BCUT2D eigenvalue weighted by Crippen LogP contribution is 2.14. The molecule has 0 unspecified atom stereocenters. The van der Waals surface area contributed by atoms with Crippen LogP contribution in [0.4, 0.5) is 5.95 Å². The molecule has 2 heterocycles. The predicted molar refractivity (Wildman–Crippen MR) is 86.6 cm³/mol. The first-order valence-electron chi connectivity index (χ1n) is 7.52. The average molecular weight is 316 g/mol. The van der Waals surface area contributed by atoms with Crippen molar-refractivity contribution in [2.24, 2.45) is 5.10 Å². The van der Waals surface area contributed by atoms with Crippen molar-refractivity contribution in [2.75, 3.05) is 25.6 Å². The van der Waals surface area contributed by atoms with Gasteiger partial charge in [-0.05, 0) is 24.6 Å². The monoisotopic (exact) mass is 316 g/mol. The third-order valence-corrected chi connectivity index (χ3v) is 3.34. The smallest absolute Gasteiger partial charge is 0.221 e. The van der Waals surface area contributed by atoms with E-state index in [0.717, 1.165) is 17.0 Å². The lowest BCUT2D eigenvalue weighted by Crippen LogP contribution is -2.12. The van der Waals surface area contributed by atoms with Crippen molar-refractivity contribution in [3.63, 3.8) is 0 Å². The van der Waals surface area contributed by atoms with Crippen molar-refractivity contribution in [1.29, 1.82) is 0 Å². The van der Waals surface area contributed by atoms with Crippen LogP contribution >= 0.6 is 0 Å². The molecule has 1 aliphatic rings. The van der Waals surface area contributed by atoms with Crippen molar-refractivity contribution >= 4 is 12.2 Å². The third-order valence-electron chi connectivity index (χ3n) is 3.34. The summed E-state index contributed by atoms with van der Waals surface area (Å²) in [5, 5.41) is 4.29. The summed E-state index contributed by atoms with van der Waals surface area (Å²) < 4.78 is 18.0. The summed E-state index contributed by atoms with van der Waals surface area (Å²) in [6.45, 7) is 3.73. The number of anilines is 1. The molecule has 1 saturated heterocycles. The van der Waals surface area contributed by atoms with Crippen molar-refractivity contribution < 1.29 is 14.2 Å². The SMILES string of the molecule is Cc1cn(N=Cc2cccc(OCCC3OCCO3)c2)c(N)n1. The van der Waals surface area contributed by atoms with E-state index >= 15 is 0 Å². The number of aromatic nitrogens is 2. The van der Waals surface area contributed by atoms with Gasteiger partial charge in [-0.25, -0.2) is 9.66 Å². The Morgan fingerprint density at radius 1 is 1.43 bits per heavy atom. The molecule has 0 saturated carbocycles. The molecule has 2 aromatic rings. The summed E-state index contributed by atoms with van der Waals surface area (Å²) in [5.41, 5.74) is 7.50. The summed E-state index contributed by atoms with van der Waals surface area (Å²) in [6, 6.07) is 7.69. The second kappa shape index (κ2) is 7.26. The number of hydrogen-bond acceptors (Lipinski definition) is 6. The highest BCUT2D eigenvalue weighted by Gasteiger charge is 2.15. The van der Waals surface area contributed by atoms with Gasteiger partial charge >= 0.3 is 0 Å². The minimum absolute atomic E-state index is 0.146. The van der Waals surface area contributed by atoms with Gasteiger partial charge in [-0.3, -0.25) is 0 Å². The van der Waals surface area contributed by atoms with Crippen LogP contribution in [0.25, 0.3) is 0 Å².